The summed E-state index contributed by atoms with van der Waals surface area (Å²) in [5.74, 6) is 1.70. The van der Waals surface area contributed by atoms with Crippen molar-refractivity contribution in [3.8, 4) is 11.5 Å². The molecule has 4 heterocycles. The second-order valence-corrected chi connectivity index (χ2v) is 9.64. The maximum atomic E-state index is 13.7. The number of rotatable bonds is 5. The molecule has 1 amide bonds. The van der Waals surface area contributed by atoms with Crippen LogP contribution in [0.5, 0.6) is 11.5 Å². The van der Waals surface area contributed by atoms with Gasteiger partial charge in [-0.1, -0.05) is 24.3 Å². The van der Waals surface area contributed by atoms with E-state index >= 15 is 0 Å². The summed E-state index contributed by atoms with van der Waals surface area (Å²) in [5.41, 5.74) is 5.34. The highest BCUT2D eigenvalue weighted by Crippen LogP contribution is 2.32. The summed E-state index contributed by atoms with van der Waals surface area (Å²) in [6, 6.07) is 16.6. The van der Waals surface area contributed by atoms with Crippen molar-refractivity contribution in [3.05, 3.63) is 71.0 Å². The van der Waals surface area contributed by atoms with Crippen LogP contribution in [0.1, 0.15) is 34.2 Å². The lowest BCUT2D eigenvalue weighted by Crippen LogP contribution is -2.49. The standard InChI is InChI=1S/C28H33N5O3/c1-2-33-24-10-11-30(19-21-8-9-25-26(18-21)36-17-16-35-25)20-23(24)27(29-33)28(34)32-14-12-31(13-15-32)22-6-4-3-5-7-22/h3-9,18H,2,10-17,19-20H2,1H3. The van der Waals surface area contributed by atoms with E-state index in [4.69, 9.17) is 14.6 Å². The van der Waals surface area contributed by atoms with E-state index in [2.05, 4.69) is 53.1 Å². The van der Waals surface area contributed by atoms with Gasteiger partial charge in [0.2, 0.25) is 0 Å². The third-order valence-corrected chi connectivity index (χ3v) is 7.42. The fourth-order valence-electron chi connectivity index (χ4n) is 5.52. The van der Waals surface area contributed by atoms with Crippen LogP contribution in [0, 0.1) is 0 Å². The first kappa shape index (κ1) is 22.9. The van der Waals surface area contributed by atoms with Gasteiger partial charge in [0.25, 0.3) is 5.91 Å². The van der Waals surface area contributed by atoms with E-state index in [0.29, 0.717) is 32.0 Å². The average molecular weight is 488 g/mol. The Kier molecular flexibility index (Phi) is 6.27. The lowest BCUT2D eigenvalue weighted by Gasteiger charge is -2.36. The number of carbonyl (C=O) groups is 1. The molecule has 0 radical (unpaired) electrons. The van der Waals surface area contributed by atoms with Crippen molar-refractivity contribution >= 4 is 11.6 Å². The van der Waals surface area contributed by atoms with Crippen LogP contribution in [-0.2, 0) is 26.1 Å². The zero-order chi connectivity index (χ0) is 24.5. The molecule has 36 heavy (non-hydrogen) atoms. The summed E-state index contributed by atoms with van der Waals surface area (Å²) in [7, 11) is 0. The molecule has 0 atom stereocenters. The number of anilines is 1. The number of piperazine rings is 1. The lowest BCUT2D eigenvalue weighted by molar-refractivity contribution is 0.0737. The second-order valence-electron chi connectivity index (χ2n) is 9.64. The van der Waals surface area contributed by atoms with Gasteiger partial charge in [-0.25, -0.2) is 0 Å². The number of fused-ring (bicyclic) bond motifs is 2. The highest BCUT2D eigenvalue weighted by molar-refractivity contribution is 5.94. The monoisotopic (exact) mass is 487 g/mol. The smallest absolute Gasteiger partial charge is 0.274 e. The summed E-state index contributed by atoms with van der Waals surface area (Å²) in [6.45, 7) is 9.63. The number of hydrogen-bond donors (Lipinski definition) is 0. The van der Waals surface area contributed by atoms with Crippen LogP contribution >= 0.6 is 0 Å². The average Bonchev–Trinajstić information content (AvgIpc) is 3.31. The van der Waals surface area contributed by atoms with Crippen molar-refractivity contribution < 1.29 is 14.3 Å². The predicted molar refractivity (Wildman–Crippen MR) is 138 cm³/mol. The summed E-state index contributed by atoms with van der Waals surface area (Å²) in [6.07, 6.45) is 0.899. The molecular weight excluding hydrogens is 454 g/mol. The van der Waals surface area contributed by atoms with Crippen LogP contribution in [0.4, 0.5) is 5.69 Å². The molecule has 0 bridgehead atoms. The van der Waals surface area contributed by atoms with E-state index in [1.165, 1.54) is 16.9 Å². The number of nitrogens with zero attached hydrogens (tertiary/aromatic N) is 5. The molecule has 3 aromatic rings. The predicted octanol–water partition coefficient (Wildman–Crippen LogP) is 3.19. The van der Waals surface area contributed by atoms with E-state index in [9.17, 15) is 4.79 Å². The molecular formula is C28H33N5O3. The molecule has 0 N–H and O–H groups in total. The molecule has 1 fully saturated rings. The molecule has 0 saturated carbocycles. The molecule has 0 spiro atoms. The molecule has 188 valence electrons. The molecule has 2 aromatic carbocycles. The van der Waals surface area contributed by atoms with Crippen LogP contribution in [-0.4, -0.2) is 71.4 Å². The molecule has 0 unspecified atom stereocenters. The summed E-state index contributed by atoms with van der Waals surface area (Å²) >= 11 is 0. The highest BCUT2D eigenvalue weighted by Gasteiger charge is 2.31. The summed E-state index contributed by atoms with van der Waals surface area (Å²) < 4.78 is 13.5. The molecule has 1 saturated heterocycles. The molecule has 3 aliphatic heterocycles. The quantitative estimate of drug-likeness (QED) is 0.551. The molecule has 3 aliphatic rings. The minimum absolute atomic E-state index is 0.0624. The largest absolute Gasteiger partial charge is 0.486 e. The minimum atomic E-state index is 0.0624. The highest BCUT2D eigenvalue weighted by atomic mass is 16.6. The molecule has 8 nitrogen and oxygen atoms in total. The Bertz CT molecular complexity index is 1230. The third-order valence-electron chi connectivity index (χ3n) is 7.42. The van der Waals surface area contributed by atoms with Crippen LogP contribution in [0.2, 0.25) is 0 Å². The van der Waals surface area contributed by atoms with Gasteiger partial charge in [-0.3, -0.25) is 14.4 Å². The topological polar surface area (TPSA) is 63.1 Å². The Balaban J connectivity index is 1.16. The van der Waals surface area contributed by atoms with E-state index in [1.54, 1.807) is 0 Å². The Morgan fingerprint density at radius 1 is 0.944 bits per heavy atom. The fraction of sp³-hybridized carbons (Fsp3) is 0.429. The van der Waals surface area contributed by atoms with Gasteiger partial charge in [-0.05, 0) is 36.8 Å². The van der Waals surface area contributed by atoms with Crippen molar-refractivity contribution in [1.82, 2.24) is 19.6 Å². The number of para-hydroxylation sites is 1. The van der Waals surface area contributed by atoms with Gasteiger partial charge in [0.1, 0.15) is 13.2 Å². The van der Waals surface area contributed by atoms with Crippen LogP contribution < -0.4 is 14.4 Å². The van der Waals surface area contributed by atoms with Crippen LogP contribution in [0.3, 0.4) is 0 Å². The van der Waals surface area contributed by atoms with Gasteiger partial charge >= 0.3 is 0 Å². The van der Waals surface area contributed by atoms with Crippen molar-refractivity contribution in [1.29, 1.82) is 0 Å². The van der Waals surface area contributed by atoms with Crippen molar-refractivity contribution in [3.63, 3.8) is 0 Å². The minimum Gasteiger partial charge on any atom is -0.486 e. The first-order valence-corrected chi connectivity index (χ1v) is 13.0. The third kappa shape index (κ3) is 4.41. The van der Waals surface area contributed by atoms with Gasteiger partial charge in [-0.2, -0.15) is 5.10 Å². The van der Waals surface area contributed by atoms with E-state index in [1.807, 2.05) is 21.7 Å². The number of aryl methyl sites for hydroxylation is 1. The first-order chi connectivity index (χ1) is 17.7. The Hall–Kier alpha value is -3.52. The zero-order valence-corrected chi connectivity index (χ0v) is 20.9. The van der Waals surface area contributed by atoms with Gasteiger partial charge in [-0.15, -0.1) is 0 Å². The first-order valence-electron chi connectivity index (χ1n) is 13.0. The van der Waals surface area contributed by atoms with Gasteiger partial charge in [0.15, 0.2) is 17.2 Å². The van der Waals surface area contributed by atoms with E-state index in [0.717, 1.165) is 62.8 Å². The number of amides is 1. The SMILES string of the molecule is CCn1nc(C(=O)N2CCN(c3ccccc3)CC2)c2c1CCN(Cc1ccc3c(c1)OCCO3)C2. The summed E-state index contributed by atoms with van der Waals surface area (Å²) in [5, 5.41) is 4.81. The second kappa shape index (κ2) is 9.85. The Morgan fingerprint density at radius 3 is 2.50 bits per heavy atom. The Labute approximate surface area is 212 Å². The van der Waals surface area contributed by atoms with E-state index < -0.39 is 0 Å². The normalized spacial score (nSPS) is 17.7. The lowest BCUT2D eigenvalue weighted by atomic mass is 10.0. The van der Waals surface area contributed by atoms with Crippen molar-refractivity contribution in [2.24, 2.45) is 0 Å². The molecule has 0 aliphatic carbocycles. The molecule has 1 aromatic heterocycles. The number of hydrogen-bond acceptors (Lipinski definition) is 6. The van der Waals surface area contributed by atoms with Gasteiger partial charge in [0.05, 0.1) is 0 Å². The number of carbonyl (C=O) groups excluding carboxylic acids is 1. The Morgan fingerprint density at radius 2 is 1.72 bits per heavy atom. The zero-order valence-electron chi connectivity index (χ0n) is 20.9. The van der Waals surface area contributed by atoms with Crippen molar-refractivity contribution in [2.45, 2.75) is 33.0 Å². The molecule has 6 rings (SSSR count). The number of benzene rings is 2. The molecule has 8 heteroatoms. The number of ether oxygens (including phenoxy) is 2. The summed E-state index contributed by atoms with van der Waals surface area (Å²) in [4.78, 5) is 20.4. The number of aromatic nitrogens is 2. The van der Waals surface area contributed by atoms with Gasteiger partial charge < -0.3 is 19.3 Å². The fourth-order valence-corrected chi connectivity index (χ4v) is 5.52. The van der Waals surface area contributed by atoms with E-state index in [-0.39, 0.29) is 5.91 Å². The van der Waals surface area contributed by atoms with Gasteiger partial charge in [0, 0.05) is 75.7 Å². The van der Waals surface area contributed by atoms with Crippen LogP contribution in [0.25, 0.3) is 0 Å². The maximum absolute atomic E-state index is 13.7. The van der Waals surface area contributed by atoms with Crippen LogP contribution in [0.15, 0.2) is 48.5 Å². The van der Waals surface area contributed by atoms with Crippen molar-refractivity contribution in [2.75, 3.05) is 50.8 Å². The maximum Gasteiger partial charge on any atom is 0.274 e.